The molecule has 0 atom stereocenters. The molecule has 0 aliphatic heterocycles. The highest BCUT2D eigenvalue weighted by atomic mass is 16.2. The summed E-state index contributed by atoms with van der Waals surface area (Å²) in [6.07, 6.45) is 8.72. The number of fused-ring (bicyclic) bond motifs is 2. The first kappa shape index (κ1) is 18.5. The molecule has 1 amide bonds. The van der Waals surface area contributed by atoms with Gasteiger partial charge in [-0.15, -0.1) is 0 Å². The predicted molar refractivity (Wildman–Crippen MR) is 111 cm³/mol. The summed E-state index contributed by atoms with van der Waals surface area (Å²) in [5, 5.41) is 8.19. The van der Waals surface area contributed by atoms with E-state index in [1.54, 1.807) is 6.20 Å². The van der Waals surface area contributed by atoms with Crippen molar-refractivity contribution in [3.63, 3.8) is 0 Å². The van der Waals surface area contributed by atoms with Gasteiger partial charge in [-0.1, -0.05) is 12.5 Å². The van der Waals surface area contributed by atoms with Gasteiger partial charge in [0.15, 0.2) is 0 Å². The number of benzene rings is 1. The van der Waals surface area contributed by atoms with E-state index in [2.05, 4.69) is 28.8 Å². The molecule has 1 N–H and O–H groups in total. The monoisotopic (exact) mass is 378 g/mol. The van der Waals surface area contributed by atoms with Crippen LogP contribution in [0.5, 0.6) is 0 Å². The molecule has 0 radical (unpaired) electrons. The van der Waals surface area contributed by atoms with Crippen molar-refractivity contribution in [1.82, 2.24) is 14.3 Å². The molecule has 0 fully saturated rings. The number of nitrogens with one attached hydrogen (secondary N) is 1. The number of amides is 1. The van der Waals surface area contributed by atoms with Crippen LogP contribution in [-0.4, -0.2) is 20.3 Å². The summed E-state index contributed by atoms with van der Waals surface area (Å²) in [6, 6.07) is 8.22. The average Bonchev–Trinajstić information content (AvgIpc) is 2.96. The van der Waals surface area contributed by atoms with Crippen LogP contribution in [0.25, 0.3) is 10.9 Å². The summed E-state index contributed by atoms with van der Waals surface area (Å²) in [4.78, 5) is 25.4. The van der Waals surface area contributed by atoms with E-state index in [1.807, 2.05) is 30.5 Å². The van der Waals surface area contributed by atoms with Gasteiger partial charge in [-0.2, -0.15) is 5.10 Å². The minimum Gasteiger partial charge on any atom is -0.345 e. The molecule has 28 heavy (non-hydrogen) atoms. The molecule has 0 saturated carbocycles. The zero-order chi connectivity index (χ0) is 19.7. The maximum atomic E-state index is 12.8. The maximum Gasteiger partial charge on any atom is 0.270 e. The van der Waals surface area contributed by atoms with E-state index >= 15 is 0 Å². The Hall–Kier alpha value is -2.89. The zero-order valence-corrected chi connectivity index (χ0v) is 16.4. The van der Waals surface area contributed by atoms with Crippen LogP contribution in [0.15, 0.2) is 41.5 Å². The third-order valence-corrected chi connectivity index (χ3v) is 5.49. The van der Waals surface area contributed by atoms with E-state index in [9.17, 15) is 9.59 Å². The van der Waals surface area contributed by atoms with Crippen LogP contribution in [0.1, 0.15) is 50.3 Å². The minimum atomic E-state index is -0.243. The molecule has 4 rings (SSSR count). The van der Waals surface area contributed by atoms with Gasteiger partial charge in [0.05, 0.1) is 17.4 Å². The number of anilines is 1. The summed E-state index contributed by atoms with van der Waals surface area (Å²) in [7, 11) is 0. The Morgan fingerprint density at radius 1 is 1.18 bits per heavy atom. The molecule has 0 unspecified atom stereocenters. The number of aryl methyl sites for hydroxylation is 1. The van der Waals surface area contributed by atoms with Gasteiger partial charge in [-0.25, -0.2) is 4.68 Å². The van der Waals surface area contributed by atoms with Crippen molar-refractivity contribution in [2.45, 2.75) is 58.5 Å². The van der Waals surface area contributed by atoms with Crippen LogP contribution < -0.4 is 10.9 Å². The lowest BCUT2D eigenvalue weighted by Crippen LogP contribution is -2.32. The zero-order valence-electron chi connectivity index (χ0n) is 16.4. The van der Waals surface area contributed by atoms with Crippen LogP contribution in [0, 0.1) is 0 Å². The van der Waals surface area contributed by atoms with Gasteiger partial charge in [0.2, 0.25) is 5.91 Å². The molecule has 2 aromatic heterocycles. The summed E-state index contributed by atoms with van der Waals surface area (Å²) in [6.45, 7) is 4.18. The number of hydrogen-bond acceptors (Lipinski definition) is 3. The first-order chi connectivity index (χ1) is 13.5. The molecule has 1 aliphatic rings. The second-order valence-electron chi connectivity index (χ2n) is 7.78. The lowest BCUT2D eigenvalue weighted by Gasteiger charge is -2.12. The molecule has 6 nitrogen and oxygen atoms in total. The molecular weight excluding hydrogens is 352 g/mol. The Bertz CT molecular complexity index is 1080. The van der Waals surface area contributed by atoms with E-state index in [4.69, 9.17) is 0 Å². The Labute approximate surface area is 164 Å². The molecule has 6 heteroatoms. The standard InChI is InChI=1S/C22H26N4O2/c1-15(2)25-12-11-18-19(9-6-10-20(18)25)24-21(27)14-26-22(28)17-8-5-3-4-7-16(17)13-23-26/h6,9-13,15H,3-5,7-8,14H2,1-2H3,(H,24,27). The van der Waals surface area contributed by atoms with Gasteiger partial charge >= 0.3 is 0 Å². The van der Waals surface area contributed by atoms with Crippen LogP contribution in [-0.2, 0) is 24.2 Å². The van der Waals surface area contributed by atoms with Crippen molar-refractivity contribution in [3.8, 4) is 0 Å². The van der Waals surface area contributed by atoms with E-state index in [-0.39, 0.29) is 18.0 Å². The SMILES string of the molecule is CC(C)n1ccc2c(NC(=O)Cn3ncc4c(c3=O)CCCCC4)cccc21. The van der Waals surface area contributed by atoms with Crippen molar-refractivity contribution >= 4 is 22.5 Å². The first-order valence-corrected chi connectivity index (χ1v) is 10.0. The molecule has 3 aromatic rings. The molecule has 1 aliphatic carbocycles. The van der Waals surface area contributed by atoms with Gasteiger partial charge in [0.1, 0.15) is 6.54 Å². The number of hydrogen-bond donors (Lipinski definition) is 1. The molecule has 2 heterocycles. The Morgan fingerprint density at radius 2 is 2.00 bits per heavy atom. The van der Waals surface area contributed by atoms with E-state index < -0.39 is 0 Å². The van der Waals surface area contributed by atoms with Crippen LogP contribution >= 0.6 is 0 Å². The van der Waals surface area contributed by atoms with Crippen LogP contribution in [0.2, 0.25) is 0 Å². The van der Waals surface area contributed by atoms with E-state index in [1.165, 1.54) is 4.68 Å². The van der Waals surface area contributed by atoms with Crippen LogP contribution in [0.3, 0.4) is 0 Å². The van der Waals surface area contributed by atoms with Crippen molar-refractivity contribution in [2.75, 3.05) is 5.32 Å². The number of carbonyl (C=O) groups is 1. The number of aromatic nitrogens is 3. The van der Waals surface area contributed by atoms with Crippen molar-refractivity contribution in [3.05, 3.63) is 58.1 Å². The second-order valence-corrected chi connectivity index (χ2v) is 7.78. The molecule has 0 saturated heterocycles. The lowest BCUT2D eigenvalue weighted by molar-refractivity contribution is -0.117. The Kier molecular flexibility index (Phi) is 5.03. The molecule has 146 valence electrons. The fourth-order valence-electron chi connectivity index (χ4n) is 4.03. The summed E-state index contributed by atoms with van der Waals surface area (Å²) in [5.41, 5.74) is 3.58. The summed E-state index contributed by atoms with van der Waals surface area (Å²) < 4.78 is 3.46. The minimum absolute atomic E-state index is 0.0760. The first-order valence-electron chi connectivity index (χ1n) is 10.0. The van der Waals surface area contributed by atoms with Gasteiger partial charge < -0.3 is 9.88 Å². The highest BCUT2D eigenvalue weighted by Gasteiger charge is 2.16. The van der Waals surface area contributed by atoms with Gasteiger partial charge in [-0.05, 0) is 63.3 Å². The molecule has 1 aromatic carbocycles. The molecule has 0 bridgehead atoms. The van der Waals surface area contributed by atoms with Gasteiger partial charge in [-0.3, -0.25) is 9.59 Å². The quantitative estimate of drug-likeness (QED) is 0.704. The van der Waals surface area contributed by atoms with E-state index in [0.29, 0.717) is 6.04 Å². The lowest BCUT2D eigenvalue weighted by atomic mass is 10.1. The van der Waals surface area contributed by atoms with Crippen molar-refractivity contribution in [1.29, 1.82) is 0 Å². The number of nitrogens with zero attached hydrogens (tertiary/aromatic N) is 3. The van der Waals surface area contributed by atoms with Crippen LogP contribution in [0.4, 0.5) is 5.69 Å². The average molecular weight is 378 g/mol. The highest BCUT2D eigenvalue weighted by Crippen LogP contribution is 2.26. The summed E-state index contributed by atoms with van der Waals surface area (Å²) in [5.74, 6) is -0.243. The third kappa shape index (κ3) is 3.46. The topological polar surface area (TPSA) is 68.9 Å². The fourth-order valence-corrected chi connectivity index (χ4v) is 4.03. The maximum absolute atomic E-state index is 12.8. The number of rotatable bonds is 4. The Balaban J connectivity index is 1.57. The predicted octanol–water partition coefficient (Wildman–Crippen LogP) is 3.69. The smallest absolute Gasteiger partial charge is 0.270 e. The normalized spacial score (nSPS) is 14.1. The van der Waals surface area contributed by atoms with Gasteiger partial charge in [0, 0.05) is 23.2 Å². The van der Waals surface area contributed by atoms with Crippen molar-refractivity contribution in [2.24, 2.45) is 0 Å². The second kappa shape index (κ2) is 7.62. The van der Waals surface area contributed by atoms with E-state index in [0.717, 1.165) is 59.8 Å². The molecular formula is C22H26N4O2. The van der Waals surface area contributed by atoms with Gasteiger partial charge in [0.25, 0.3) is 5.56 Å². The third-order valence-electron chi connectivity index (χ3n) is 5.49. The Morgan fingerprint density at radius 3 is 2.82 bits per heavy atom. The fraction of sp³-hybridized carbons (Fsp3) is 0.409. The molecule has 0 spiro atoms. The van der Waals surface area contributed by atoms with Crippen molar-refractivity contribution < 1.29 is 4.79 Å². The summed E-state index contributed by atoms with van der Waals surface area (Å²) >= 11 is 0. The highest BCUT2D eigenvalue weighted by molar-refractivity contribution is 6.01. The number of carbonyl (C=O) groups excluding carboxylic acids is 1. The largest absolute Gasteiger partial charge is 0.345 e.